The first-order chi connectivity index (χ1) is 13.6. The Labute approximate surface area is 172 Å². The van der Waals surface area contributed by atoms with E-state index in [0.29, 0.717) is 0 Å². The van der Waals surface area contributed by atoms with Gasteiger partial charge in [0.15, 0.2) is 0 Å². The summed E-state index contributed by atoms with van der Waals surface area (Å²) < 4.78 is 0. The molecule has 0 aromatic heterocycles. The van der Waals surface area contributed by atoms with Gasteiger partial charge in [-0.15, -0.1) is 0 Å². The summed E-state index contributed by atoms with van der Waals surface area (Å²) in [6.45, 7) is 7.52. The van der Waals surface area contributed by atoms with E-state index in [1.807, 2.05) is 0 Å². The van der Waals surface area contributed by atoms with Gasteiger partial charge in [0.1, 0.15) is 0 Å². The Balaban J connectivity index is 2.43. The van der Waals surface area contributed by atoms with Crippen LogP contribution in [-0.4, -0.2) is 34.2 Å². The van der Waals surface area contributed by atoms with Gasteiger partial charge in [-0.25, -0.2) is 0 Å². The fourth-order valence-electron chi connectivity index (χ4n) is 3.47. The van der Waals surface area contributed by atoms with Gasteiger partial charge in [-0.05, 0) is 49.9 Å². The van der Waals surface area contributed by atoms with Gasteiger partial charge in [0.05, 0.1) is 6.10 Å². The quantitative estimate of drug-likeness (QED) is 0.323. The molecule has 0 heterocycles. The first-order valence-electron chi connectivity index (χ1n) is 11.3. The molecule has 0 aliphatic carbocycles. The van der Waals surface area contributed by atoms with E-state index in [0.717, 1.165) is 63.7 Å². The van der Waals surface area contributed by atoms with Crippen LogP contribution >= 0.6 is 0 Å². The molecule has 0 radical (unpaired) electrons. The molecule has 1 atom stereocenters. The topological polar surface area (TPSA) is 60.8 Å². The zero-order chi connectivity index (χ0) is 20.6. The number of aliphatic hydroxyl groups excluding tert-OH is 1. The molecule has 1 aromatic rings. The van der Waals surface area contributed by atoms with Gasteiger partial charge in [0.25, 0.3) is 0 Å². The fourth-order valence-corrected chi connectivity index (χ4v) is 3.47. The maximum absolute atomic E-state index is 10.6. The number of carboxylic acid groups (broad SMARTS) is 1. The number of unbranched alkanes of at least 4 members (excludes halogenated alkanes) is 6. The van der Waals surface area contributed by atoms with Gasteiger partial charge in [-0.3, -0.25) is 9.69 Å². The molecule has 1 unspecified atom stereocenters. The molecule has 0 amide bonds. The minimum absolute atomic E-state index is 0.288. The Kier molecular flexibility index (Phi) is 13.7. The van der Waals surface area contributed by atoms with Crippen molar-refractivity contribution in [1.82, 2.24) is 4.90 Å². The summed E-state index contributed by atoms with van der Waals surface area (Å²) in [6, 6.07) is 8.47. The van der Waals surface area contributed by atoms with Crippen LogP contribution in [-0.2, 0) is 11.3 Å². The lowest BCUT2D eigenvalue weighted by molar-refractivity contribution is -0.137. The van der Waals surface area contributed by atoms with Gasteiger partial charge < -0.3 is 10.2 Å². The summed E-state index contributed by atoms with van der Waals surface area (Å²) in [6.07, 6.45) is 10.6. The normalized spacial score (nSPS) is 12.4. The van der Waals surface area contributed by atoms with E-state index < -0.39 is 5.97 Å². The van der Waals surface area contributed by atoms with Crippen LogP contribution in [0, 0.1) is 0 Å². The summed E-state index contributed by atoms with van der Waals surface area (Å²) in [5.41, 5.74) is 2.32. The standard InChI is InChI=1S/C24H41NO3/c1-3-5-9-12-23(26)22-16-14-21(15-17-22)20-25(18-6-4-2)19-11-8-7-10-13-24(27)28/h14-17,23,26H,3-13,18-20H2,1-2H3,(H,27,28). The zero-order valence-electron chi connectivity index (χ0n) is 18.0. The number of aliphatic carboxylic acids is 1. The van der Waals surface area contributed by atoms with E-state index >= 15 is 0 Å². The molecular weight excluding hydrogens is 350 g/mol. The molecule has 1 rings (SSSR count). The second kappa shape index (κ2) is 15.5. The van der Waals surface area contributed by atoms with Gasteiger partial charge in [0, 0.05) is 13.0 Å². The van der Waals surface area contributed by atoms with Crippen LogP contribution in [0.4, 0.5) is 0 Å². The molecule has 0 bridgehead atoms. The molecule has 4 nitrogen and oxygen atoms in total. The van der Waals surface area contributed by atoms with Crippen LogP contribution in [0.25, 0.3) is 0 Å². The van der Waals surface area contributed by atoms with Gasteiger partial charge in [0.2, 0.25) is 0 Å². The van der Waals surface area contributed by atoms with Crippen molar-refractivity contribution >= 4 is 5.97 Å². The maximum Gasteiger partial charge on any atom is 0.303 e. The Morgan fingerprint density at radius 2 is 1.54 bits per heavy atom. The molecular formula is C24H41NO3. The van der Waals surface area contributed by atoms with E-state index in [9.17, 15) is 9.90 Å². The van der Waals surface area contributed by atoms with E-state index in [1.54, 1.807) is 0 Å². The first kappa shape index (κ1) is 24.6. The number of hydrogen-bond donors (Lipinski definition) is 2. The SMILES string of the molecule is CCCCCC(O)c1ccc(CN(CCCC)CCCCCCC(=O)O)cc1. The molecule has 0 fully saturated rings. The highest BCUT2D eigenvalue weighted by atomic mass is 16.4. The number of carbonyl (C=O) groups is 1. The highest BCUT2D eigenvalue weighted by Gasteiger charge is 2.09. The highest BCUT2D eigenvalue weighted by Crippen LogP contribution is 2.21. The van der Waals surface area contributed by atoms with E-state index in [-0.39, 0.29) is 12.5 Å². The average Bonchev–Trinajstić information content (AvgIpc) is 2.68. The Morgan fingerprint density at radius 3 is 2.18 bits per heavy atom. The summed E-state index contributed by atoms with van der Waals surface area (Å²) in [7, 11) is 0. The predicted molar refractivity (Wildman–Crippen MR) is 116 cm³/mol. The van der Waals surface area contributed by atoms with Crippen LogP contribution in [0.15, 0.2) is 24.3 Å². The van der Waals surface area contributed by atoms with Crippen molar-refractivity contribution in [2.45, 2.75) is 97.1 Å². The third-order valence-electron chi connectivity index (χ3n) is 5.29. The third kappa shape index (κ3) is 11.5. The van der Waals surface area contributed by atoms with E-state index in [1.165, 1.54) is 31.2 Å². The number of rotatable bonds is 17. The first-order valence-corrected chi connectivity index (χ1v) is 11.3. The summed E-state index contributed by atoms with van der Waals surface area (Å²) in [5, 5.41) is 19.0. The monoisotopic (exact) mass is 391 g/mol. The number of hydrogen-bond acceptors (Lipinski definition) is 3. The van der Waals surface area contributed by atoms with Gasteiger partial charge >= 0.3 is 5.97 Å². The molecule has 28 heavy (non-hydrogen) atoms. The highest BCUT2D eigenvalue weighted by molar-refractivity contribution is 5.66. The van der Waals surface area contributed by atoms with E-state index in [2.05, 4.69) is 43.0 Å². The van der Waals surface area contributed by atoms with E-state index in [4.69, 9.17) is 5.11 Å². The third-order valence-corrected chi connectivity index (χ3v) is 5.29. The number of aliphatic hydroxyl groups is 1. The molecule has 0 aliphatic rings. The zero-order valence-corrected chi connectivity index (χ0v) is 18.0. The molecule has 0 spiro atoms. The van der Waals surface area contributed by atoms with Crippen molar-refractivity contribution in [1.29, 1.82) is 0 Å². The molecule has 0 saturated carbocycles. The van der Waals surface area contributed by atoms with Gasteiger partial charge in [-0.1, -0.05) is 76.6 Å². The Bertz CT molecular complexity index is 515. The van der Waals surface area contributed by atoms with Crippen LogP contribution in [0.1, 0.15) is 102 Å². The van der Waals surface area contributed by atoms with Crippen LogP contribution in [0.2, 0.25) is 0 Å². The fraction of sp³-hybridized carbons (Fsp3) is 0.708. The lowest BCUT2D eigenvalue weighted by atomic mass is 10.0. The smallest absolute Gasteiger partial charge is 0.303 e. The number of benzene rings is 1. The minimum Gasteiger partial charge on any atom is -0.481 e. The second-order valence-electron chi connectivity index (χ2n) is 7.94. The van der Waals surface area contributed by atoms with Crippen molar-refractivity contribution in [3.63, 3.8) is 0 Å². The molecule has 1 aromatic carbocycles. The lowest BCUT2D eigenvalue weighted by Crippen LogP contribution is -2.25. The van der Waals surface area contributed by atoms with Crippen molar-refractivity contribution in [3.8, 4) is 0 Å². The molecule has 4 heteroatoms. The largest absolute Gasteiger partial charge is 0.481 e. The summed E-state index contributed by atoms with van der Waals surface area (Å²) in [5.74, 6) is -0.691. The molecule has 160 valence electrons. The Morgan fingerprint density at radius 1 is 0.893 bits per heavy atom. The van der Waals surface area contributed by atoms with Crippen molar-refractivity contribution in [2.24, 2.45) is 0 Å². The lowest BCUT2D eigenvalue weighted by Gasteiger charge is -2.22. The molecule has 2 N–H and O–H groups in total. The number of carboxylic acids is 1. The van der Waals surface area contributed by atoms with Gasteiger partial charge in [-0.2, -0.15) is 0 Å². The van der Waals surface area contributed by atoms with Crippen LogP contribution < -0.4 is 0 Å². The van der Waals surface area contributed by atoms with Crippen molar-refractivity contribution < 1.29 is 15.0 Å². The molecule has 0 saturated heterocycles. The van der Waals surface area contributed by atoms with Crippen LogP contribution in [0.5, 0.6) is 0 Å². The van der Waals surface area contributed by atoms with Crippen molar-refractivity contribution in [3.05, 3.63) is 35.4 Å². The molecule has 0 aliphatic heterocycles. The minimum atomic E-state index is -0.691. The second-order valence-corrected chi connectivity index (χ2v) is 7.94. The average molecular weight is 392 g/mol. The van der Waals surface area contributed by atoms with Crippen LogP contribution in [0.3, 0.4) is 0 Å². The maximum atomic E-state index is 10.6. The number of nitrogens with zero attached hydrogens (tertiary/aromatic N) is 1. The summed E-state index contributed by atoms with van der Waals surface area (Å²) in [4.78, 5) is 13.1. The van der Waals surface area contributed by atoms with Crippen molar-refractivity contribution in [2.75, 3.05) is 13.1 Å². The summed E-state index contributed by atoms with van der Waals surface area (Å²) >= 11 is 0. The Hall–Kier alpha value is -1.39. The predicted octanol–water partition coefficient (Wildman–Crippen LogP) is 5.94.